The molecule has 144 valence electrons. The molecule has 0 bridgehead atoms. The van der Waals surface area contributed by atoms with E-state index in [4.69, 9.17) is 10.5 Å². The highest BCUT2D eigenvalue weighted by Crippen LogP contribution is 2.35. The van der Waals surface area contributed by atoms with E-state index < -0.39 is 22.2 Å². The Labute approximate surface area is 152 Å². The lowest BCUT2D eigenvalue weighted by Crippen LogP contribution is -2.24. The fourth-order valence-corrected chi connectivity index (χ4v) is 3.94. The zero-order chi connectivity index (χ0) is 18.9. The summed E-state index contributed by atoms with van der Waals surface area (Å²) in [7, 11) is -3.36. The number of hydrogen-bond acceptors (Lipinski definition) is 6. The number of nitrogens with two attached hydrogens (primary N) is 1. The van der Waals surface area contributed by atoms with Crippen LogP contribution < -0.4 is 10.5 Å². The van der Waals surface area contributed by atoms with E-state index in [0.29, 0.717) is 18.7 Å². The predicted molar refractivity (Wildman–Crippen MR) is 99.4 cm³/mol. The van der Waals surface area contributed by atoms with Gasteiger partial charge in [-0.15, -0.1) is 0 Å². The van der Waals surface area contributed by atoms with Gasteiger partial charge in [0, 0.05) is 23.7 Å². The van der Waals surface area contributed by atoms with Gasteiger partial charge in [0.1, 0.15) is 12.3 Å². The van der Waals surface area contributed by atoms with Crippen molar-refractivity contribution in [2.45, 2.75) is 37.7 Å². The largest absolute Gasteiger partial charge is 0.394 e. The first-order valence-electron chi connectivity index (χ1n) is 8.58. The number of hydrogen-bond donors (Lipinski definition) is 4. The number of aliphatic hydroxyl groups excluding tert-OH is 2. The van der Waals surface area contributed by atoms with Gasteiger partial charge in [0.15, 0.2) is 0 Å². The molecule has 0 aliphatic carbocycles. The Hall–Kier alpha value is -1.65. The van der Waals surface area contributed by atoms with Gasteiger partial charge in [-0.1, -0.05) is 0 Å². The molecule has 1 aliphatic rings. The molecule has 9 heteroatoms. The molecule has 3 atom stereocenters. The standard InChI is InChI=1S/C17H25N3O5S/c1-26(23,24)19-12-4-5-14-13(7-12)11(3-2-6-18)9-20(14)17-8-15(22)16(10-21)25-17/h4-5,7,9,15-17,19,21-22H,2-3,6,8,10,18H2,1H3. The van der Waals surface area contributed by atoms with E-state index in [0.717, 1.165) is 35.6 Å². The van der Waals surface area contributed by atoms with Crippen LogP contribution in [0.15, 0.2) is 24.4 Å². The van der Waals surface area contributed by atoms with Gasteiger partial charge in [0.25, 0.3) is 0 Å². The zero-order valence-electron chi connectivity index (χ0n) is 14.6. The van der Waals surface area contributed by atoms with Crippen LogP contribution in [0.5, 0.6) is 0 Å². The van der Waals surface area contributed by atoms with E-state index in [-0.39, 0.29) is 12.8 Å². The quantitative estimate of drug-likeness (QED) is 0.553. The van der Waals surface area contributed by atoms with Crippen LogP contribution in [0.25, 0.3) is 10.9 Å². The lowest BCUT2D eigenvalue weighted by atomic mass is 10.1. The molecule has 0 radical (unpaired) electrons. The maximum Gasteiger partial charge on any atom is 0.229 e. The number of aromatic nitrogens is 1. The Morgan fingerprint density at radius 1 is 1.42 bits per heavy atom. The number of aryl methyl sites for hydroxylation is 1. The van der Waals surface area contributed by atoms with E-state index in [1.165, 1.54) is 0 Å². The number of ether oxygens (including phenoxy) is 1. The first-order valence-corrected chi connectivity index (χ1v) is 10.5. The third-order valence-electron chi connectivity index (χ3n) is 4.56. The van der Waals surface area contributed by atoms with Crippen molar-refractivity contribution in [2.75, 3.05) is 24.1 Å². The SMILES string of the molecule is CS(=O)(=O)Nc1ccc2c(c1)c(CCCN)cn2C1CC(O)C(CO)O1. The first kappa shape index (κ1) is 19.1. The van der Waals surface area contributed by atoms with E-state index in [1.54, 1.807) is 12.1 Å². The summed E-state index contributed by atoms with van der Waals surface area (Å²) in [4.78, 5) is 0. The average molecular weight is 383 g/mol. The highest BCUT2D eigenvalue weighted by atomic mass is 32.2. The van der Waals surface area contributed by atoms with Crippen LogP contribution in [0.4, 0.5) is 5.69 Å². The second-order valence-electron chi connectivity index (χ2n) is 6.67. The summed E-state index contributed by atoms with van der Waals surface area (Å²) in [6.07, 6.45) is 3.30. The van der Waals surface area contributed by atoms with Crippen LogP contribution in [0.3, 0.4) is 0 Å². The molecule has 0 saturated carbocycles. The highest BCUT2D eigenvalue weighted by Gasteiger charge is 2.35. The van der Waals surface area contributed by atoms with Crippen molar-refractivity contribution in [3.05, 3.63) is 30.0 Å². The third kappa shape index (κ3) is 4.02. The third-order valence-corrected chi connectivity index (χ3v) is 5.17. The van der Waals surface area contributed by atoms with Crippen molar-refractivity contribution in [1.82, 2.24) is 4.57 Å². The van der Waals surface area contributed by atoms with Gasteiger partial charge >= 0.3 is 0 Å². The van der Waals surface area contributed by atoms with Gasteiger partial charge < -0.3 is 25.3 Å². The number of nitrogens with one attached hydrogen (secondary N) is 1. The second-order valence-corrected chi connectivity index (χ2v) is 8.42. The number of fused-ring (bicyclic) bond motifs is 1. The number of anilines is 1. The van der Waals surface area contributed by atoms with Crippen LogP contribution in [0.2, 0.25) is 0 Å². The maximum absolute atomic E-state index is 11.5. The highest BCUT2D eigenvalue weighted by molar-refractivity contribution is 7.92. The number of sulfonamides is 1. The molecule has 1 saturated heterocycles. The van der Waals surface area contributed by atoms with Gasteiger partial charge in [-0.05, 0) is 43.1 Å². The molecular weight excluding hydrogens is 358 g/mol. The second kappa shape index (κ2) is 7.53. The van der Waals surface area contributed by atoms with Crippen molar-refractivity contribution in [3.8, 4) is 0 Å². The molecule has 26 heavy (non-hydrogen) atoms. The summed E-state index contributed by atoms with van der Waals surface area (Å²) in [5, 5.41) is 20.2. The lowest BCUT2D eigenvalue weighted by Gasteiger charge is -2.15. The minimum atomic E-state index is -3.36. The van der Waals surface area contributed by atoms with Crippen LogP contribution in [0.1, 0.15) is 24.6 Å². The van der Waals surface area contributed by atoms with Gasteiger partial charge in [-0.3, -0.25) is 4.72 Å². The average Bonchev–Trinajstić information content (AvgIpc) is 3.11. The van der Waals surface area contributed by atoms with E-state index in [9.17, 15) is 18.6 Å². The molecule has 8 nitrogen and oxygen atoms in total. The maximum atomic E-state index is 11.5. The summed E-state index contributed by atoms with van der Waals surface area (Å²) in [6.45, 7) is 0.318. The number of rotatable bonds is 7. The first-order chi connectivity index (χ1) is 12.3. The zero-order valence-corrected chi connectivity index (χ0v) is 15.4. The minimum Gasteiger partial charge on any atom is -0.394 e. The van der Waals surface area contributed by atoms with Crippen LogP contribution in [0, 0.1) is 0 Å². The Morgan fingerprint density at radius 3 is 2.81 bits per heavy atom. The van der Waals surface area contributed by atoms with E-state index >= 15 is 0 Å². The van der Waals surface area contributed by atoms with Gasteiger partial charge in [-0.25, -0.2) is 8.42 Å². The van der Waals surface area contributed by atoms with Crippen molar-refractivity contribution in [1.29, 1.82) is 0 Å². The van der Waals surface area contributed by atoms with Crippen molar-refractivity contribution in [2.24, 2.45) is 5.73 Å². The Morgan fingerprint density at radius 2 is 2.19 bits per heavy atom. The summed E-state index contributed by atoms with van der Waals surface area (Å²) < 4.78 is 33.2. The topological polar surface area (TPSA) is 127 Å². The molecule has 1 aromatic heterocycles. The smallest absolute Gasteiger partial charge is 0.229 e. The fraction of sp³-hybridized carbons (Fsp3) is 0.529. The normalized spacial score (nSPS) is 23.6. The van der Waals surface area contributed by atoms with E-state index in [2.05, 4.69) is 4.72 Å². The summed E-state index contributed by atoms with van der Waals surface area (Å²) in [5.74, 6) is 0. The Kier molecular flexibility index (Phi) is 5.54. The molecule has 1 fully saturated rings. The van der Waals surface area contributed by atoms with Crippen LogP contribution in [-0.2, 0) is 21.2 Å². The van der Waals surface area contributed by atoms with Gasteiger partial charge in [-0.2, -0.15) is 0 Å². The molecule has 2 aromatic rings. The van der Waals surface area contributed by atoms with Crippen molar-refractivity contribution in [3.63, 3.8) is 0 Å². The molecule has 1 aromatic carbocycles. The van der Waals surface area contributed by atoms with Crippen molar-refractivity contribution >= 4 is 26.6 Å². The Bertz CT molecular complexity index is 880. The predicted octanol–water partition coefficient (Wildman–Crippen LogP) is 0.545. The molecule has 0 spiro atoms. The molecule has 3 rings (SSSR count). The monoisotopic (exact) mass is 383 g/mol. The van der Waals surface area contributed by atoms with Gasteiger partial charge in [0.2, 0.25) is 10.0 Å². The molecule has 2 heterocycles. The number of benzene rings is 1. The van der Waals surface area contributed by atoms with Crippen LogP contribution >= 0.6 is 0 Å². The molecule has 3 unspecified atom stereocenters. The minimum absolute atomic E-state index is 0.237. The fourth-order valence-electron chi connectivity index (χ4n) is 3.38. The molecule has 0 amide bonds. The summed E-state index contributed by atoms with van der Waals surface area (Å²) in [5.41, 5.74) is 8.04. The number of aliphatic hydroxyl groups is 2. The lowest BCUT2D eigenvalue weighted by molar-refractivity contribution is -0.0429. The summed E-state index contributed by atoms with van der Waals surface area (Å²) >= 11 is 0. The van der Waals surface area contributed by atoms with Gasteiger partial charge in [0.05, 0.1) is 24.5 Å². The van der Waals surface area contributed by atoms with Crippen molar-refractivity contribution < 1.29 is 23.4 Å². The molecule has 1 aliphatic heterocycles. The molecule has 5 N–H and O–H groups in total. The Balaban J connectivity index is 2.01. The summed E-state index contributed by atoms with van der Waals surface area (Å²) in [6, 6.07) is 5.33. The molecular formula is C17H25N3O5S. The van der Waals surface area contributed by atoms with E-state index in [1.807, 2.05) is 16.8 Å². The number of nitrogens with zero attached hydrogens (tertiary/aromatic N) is 1. The van der Waals surface area contributed by atoms with Crippen LogP contribution in [-0.4, -0.2) is 54.8 Å².